The van der Waals surface area contributed by atoms with Crippen LogP contribution in [0.4, 0.5) is 5.69 Å². The maximum Gasteiger partial charge on any atom is 0.244 e. The van der Waals surface area contributed by atoms with Crippen LogP contribution in [0.5, 0.6) is 0 Å². The number of hydrogen-bond acceptors (Lipinski definition) is 4. The molecule has 0 heterocycles. The van der Waals surface area contributed by atoms with Crippen LogP contribution in [0.25, 0.3) is 0 Å². The fraction of sp³-hybridized carbons (Fsp3) is 0.375. The highest BCUT2D eigenvalue weighted by atomic mass is 35.5. The van der Waals surface area contributed by atoms with Crippen molar-refractivity contribution < 1.29 is 18.0 Å². The molecular formula is C32H39Cl2N3O4S. The van der Waals surface area contributed by atoms with Crippen LogP contribution in [-0.4, -0.2) is 49.5 Å². The first-order chi connectivity index (χ1) is 19.5. The molecule has 2 amide bonds. The Labute approximate surface area is 259 Å². The number of nitrogens with zero attached hydrogens (tertiary/aromatic N) is 2. The van der Waals surface area contributed by atoms with Gasteiger partial charge < -0.3 is 10.2 Å². The fourth-order valence-electron chi connectivity index (χ4n) is 4.48. The lowest BCUT2D eigenvalue weighted by Gasteiger charge is -2.35. The average Bonchev–Trinajstić information content (AvgIpc) is 2.90. The molecule has 0 saturated heterocycles. The molecule has 0 fully saturated rings. The van der Waals surface area contributed by atoms with Gasteiger partial charge in [0.25, 0.3) is 0 Å². The molecule has 0 saturated carbocycles. The Balaban J connectivity index is 2.08. The molecule has 0 aliphatic heterocycles. The lowest BCUT2D eigenvalue weighted by atomic mass is 10.0. The predicted molar refractivity (Wildman–Crippen MR) is 172 cm³/mol. The summed E-state index contributed by atoms with van der Waals surface area (Å²) < 4.78 is 27.0. The van der Waals surface area contributed by atoms with Crippen LogP contribution < -0.4 is 9.62 Å². The molecule has 0 unspecified atom stereocenters. The van der Waals surface area contributed by atoms with Crippen molar-refractivity contribution in [3.8, 4) is 0 Å². The van der Waals surface area contributed by atoms with Crippen molar-refractivity contribution in [3.05, 3.63) is 99.5 Å². The van der Waals surface area contributed by atoms with E-state index < -0.39 is 34.1 Å². The molecule has 0 spiro atoms. The molecule has 0 radical (unpaired) electrons. The Morgan fingerprint density at radius 3 is 2.02 bits per heavy atom. The number of halogens is 2. The third-order valence-electron chi connectivity index (χ3n) is 6.63. The van der Waals surface area contributed by atoms with E-state index in [1.165, 1.54) is 4.90 Å². The third-order valence-corrected chi connectivity index (χ3v) is 8.51. The second-order valence-electron chi connectivity index (χ2n) is 11.7. The van der Waals surface area contributed by atoms with Gasteiger partial charge in [0.1, 0.15) is 12.6 Å². The summed E-state index contributed by atoms with van der Waals surface area (Å²) in [6, 6.07) is 20.5. The van der Waals surface area contributed by atoms with Crippen LogP contribution in [0, 0.1) is 0 Å². The van der Waals surface area contributed by atoms with Gasteiger partial charge in [0, 0.05) is 18.5 Å². The Bertz CT molecular complexity index is 1490. The van der Waals surface area contributed by atoms with Gasteiger partial charge in [-0.25, -0.2) is 8.42 Å². The van der Waals surface area contributed by atoms with Gasteiger partial charge >= 0.3 is 0 Å². The lowest BCUT2D eigenvalue weighted by molar-refractivity contribution is -0.140. The van der Waals surface area contributed by atoms with Crippen LogP contribution in [0.1, 0.15) is 57.2 Å². The maximum absolute atomic E-state index is 14.2. The van der Waals surface area contributed by atoms with Gasteiger partial charge in [0.05, 0.1) is 22.0 Å². The Morgan fingerprint density at radius 2 is 1.50 bits per heavy atom. The van der Waals surface area contributed by atoms with Crippen LogP contribution in [0.15, 0.2) is 72.8 Å². The van der Waals surface area contributed by atoms with Gasteiger partial charge in [-0.15, -0.1) is 0 Å². The molecular weight excluding hydrogens is 593 g/mol. The zero-order valence-electron chi connectivity index (χ0n) is 24.9. The van der Waals surface area contributed by atoms with E-state index in [0.29, 0.717) is 21.3 Å². The van der Waals surface area contributed by atoms with Gasteiger partial charge in [0.15, 0.2) is 0 Å². The van der Waals surface area contributed by atoms with Gasteiger partial charge in [-0.05, 0) is 67.6 Å². The lowest BCUT2D eigenvalue weighted by Crippen LogP contribution is -2.56. The van der Waals surface area contributed by atoms with Crippen LogP contribution >= 0.6 is 23.2 Å². The van der Waals surface area contributed by atoms with Crippen molar-refractivity contribution in [2.75, 3.05) is 17.1 Å². The van der Waals surface area contributed by atoms with E-state index >= 15 is 0 Å². The summed E-state index contributed by atoms with van der Waals surface area (Å²) in [7, 11) is -3.85. The van der Waals surface area contributed by atoms with Gasteiger partial charge in [-0.2, -0.15) is 0 Å². The molecule has 1 atom stereocenters. The SMILES string of the molecule is CC(C)c1ccc(N(CC(=O)N(Cc2ccc(Cl)c(Cl)c2)[C@H](Cc2ccccc2)C(=O)NC(C)(C)C)S(C)(=O)=O)cc1. The van der Waals surface area contributed by atoms with Crippen molar-refractivity contribution >= 4 is 50.7 Å². The predicted octanol–water partition coefficient (Wildman–Crippen LogP) is 6.44. The molecule has 10 heteroatoms. The van der Waals surface area contributed by atoms with Crippen molar-refractivity contribution in [2.24, 2.45) is 0 Å². The van der Waals surface area contributed by atoms with Crippen molar-refractivity contribution in [1.82, 2.24) is 10.2 Å². The van der Waals surface area contributed by atoms with E-state index in [9.17, 15) is 18.0 Å². The van der Waals surface area contributed by atoms with Gasteiger partial charge in [0.2, 0.25) is 21.8 Å². The number of hydrogen-bond donors (Lipinski definition) is 1. The average molecular weight is 633 g/mol. The molecule has 0 bridgehead atoms. The van der Waals surface area contributed by atoms with Crippen LogP contribution in [0.2, 0.25) is 10.0 Å². The topological polar surface area (TPSA) is 86.8 Å². The second kappa shape index (κ2) is 13.9. The zero-order valence-corrected chi connectivity index (χ0v) is 27.2. The molecule has 226 valence electrons. The second-order valence-corrected chi connectivity index (χ2v) is 14.5. The highest BCUT2D eigenvalue weighted by molar-refractivity contribution is 7.92. The van der Waals surface area contributed by atoms with E-state index in [4.69, 9.17) is 23.2 Å². The van der Waals surface area contributed by atoms with E-state index in [0.717, 1.165) is 21.7 Å². The summed E-state index contributed by atoms with van der Waals surface area (Å²) in [6.45, 7) is 9.20. The first kappa shape index (κ1) is 33.4. The normalized spacial score (nSPS) is 12.6. The Morgan fingerprint density at radius 1 is 0.881 bits per heavy atom. The molecule has 0 aliphatic carbocycles. The number of anilines is 1. The standard InChI is InChI=1S/C32H39Cl2N3O4S/c1-22(2)25-13-15-26(16-14-25)37(42(6,40)41)21-30(38)36(20-24-12-17-27(33)28(34)18-24)29(31(39)35-32(3,4)5)19-23-10-8-7-9-11-23/h7-18,22,29H,19-21H2,1-6H3,(H,35,39)/t29-/m1/s1. The molecule has 3 rings (SSSR count). The van der Waals surface area contributed by atoms with Crippen LogP contribution in [-0.2, 0) is 32.6 Å². The number of rotatable bonds is 11. The molecule has 42 heavy (non-hydrogen) atoms. The molecule has 3 aromatic rings. The quantitative estimate of drug-likeness (QED) is 0.264. The number of carbonyl (C=O) groups excluding carboxylic acids is 2. The Kier molecular flexibility index (Phi) is 11.1. The fourth-order valence-corrected chi connectivity index (χ4v) is 5.65. The smallest absolute Gasteiger partial charge is 0.244 e. The summed E-state index contributed by atoms with van der Waals surface area (Å²) in [5.74, 6) is -0.634. The van der Waals surface area contributed by atoms with E-state index in [2.05, 4.69) is 5.32 Å². The largest absolute Gasteiger partial charge is 0.350 e. The first-order valence-corrected chi connectivity index (χ1v) is 16.3. The van der Waals surface area contributed by atoms with Crippen molar-refractivity contribution in [3.63, 3.8) is 0 Å². The molecule has 0 aromatic heterocycles. The summed E-state index contributed by atoms with van der Waals surface area (Å²) in [4.78, 5) is 29.4. The van der Waals surface area contributed by atoms with E-state index in [-0.39, 0.29) is 24.8 Å². The monoisotopic (exact) mass is 631 g/mol. The highest BCUT2D eigenvalue weighted by Crippen LogP contribution is 2.26. The first-order valence-electron chi connectivity index (χ1n) is 13.7. The minimum absolute atomic E-state index is 0.00861. The molecule has 1 N–H and O–H groups in total. The van der Waals surface area contributed by atoms with E-state index in [1.54, 1.807) is 30.3 Å². The van der Waals surface area contributed by atoms with Crippen molar-refractivity contribution in [2.45, 2.75) is 65.1 Å². The minimum atomic E-state index is -3.85. The number of carbonyl (C=O) groups is 2. The highest BCUT2D eigenvalue weighted by Gasteiger charge is 2.34. The number of sulfonamides is 1. The summed E-state index contributed by atoms with van der Waals surface area (Å²) in [5.41, 5.74) is 2.33. The van der Waals surface area contributed by atoms with Crippen LogP contribution in [0.3, 0.4) is 0 Å². The molecule has 0 aliphatic rings. The van der Waals surface area contributed by atoms with Crippen molar-refractivity contribution in [1.29, 1.82) is 0 Å². The molecule has 3 aromatic carbocycles. The van der Waals surface area contributed by atoms with E-state index in [1.807, 2.05) is 77.1 Å². The van der Waals surface area contributed by atoms with Gasteiger partial charge in [-0.1, -0.05) is 85.6 Å². The minimum Gasteiger partial charge on any atom is -0.350 e. The third kappa shape index (κ3) is 9.48. The van der Waals surface area contributed by atoms with Gasteiger partial charge in [-0.3, -0.25) is 13.9 Å². The molecule has 7 nitrogen and oxygen atoms in total. The maximum atomic E-state index is 14.2. The zero-order chi connectivity index (χ0) is 31.2. The summed E-state index contributed by atoms with van der Waals surface area (Å²) >= 11 is 12.4. The summed E-state index contributed by atoms with van der Waals surface area (Å²) in [5, 5.41) is 3.67. The number of amides is 2. The summed E-state index contributed by atoms with van der Waals surface area (Å²) in [6.07, 6.45) is 1.28. The number of benzene rings is 3. The number of nitrogens with one attached hydrogen (secondary N) is 1. The Hall–Kier alpha value is -3.07.